The van der Waals surface area contributed by atoms with E-state index in [1.807, 2.05) is 19.2 Å². The topological polar surface area (TPSA) is 111 Å². The molecule has 3 N–H and O–H groups in total. The zero-order chi connectivity index (χ0) is 29.6. The lowest BCUT2D eigenvalue weighted by Crippen LogP contribution is -2.25. The number of aryl methyl sites for hydroxylation is 1. The van der Waals surface area contributed by atoms with E-state index >= 15 is 0 Å². The molecule has 1 aromatic carbocycles. The fourth-order valence-electron chi connectivity index (χ4n) is 4.45. The van der Waals surface area contributed by atoms with Crippen LogP contribution in [-0.2, 0) is 7.05 Å². The van der Waals surface area contributed by atoms with Crippen molar-refractivity contribution in [1.29, 1.82) is 0 Å². The summed E-state index contributed by atoms with van der Waals surface area (Å²) in [6, 6.07) is 4.70. The zero-order valence-corrected chi connectivity index (χ0v) is 24.0. The number of carbonyl (C=O) groups is 1. The van der Waals surface area contributed by atoms with Crippen molar-refractivity contribution in [3.63, 3.8) is 0 Å². The molecular formula is C28H34ClF2N7O2. The van der Waals surface area contributed by atoms with Crippen LogP contribution < -0.4 is 21.5 Å². The van der Waals surface area contributed by atoms with Gasteiger partial charge in [-0.15, -0.1) is 0 Å². The van der Waals surface area contributed by atoms with Crippen molar-refractivity contribution < 1.29 is 13.6 Å². The lowest BCUT2D eigenvalue weighted by atomic mass is 10.2. The van der Waals surface area contributed by atoms with Gasteiger partial charge in [0.2, 0.25) is 0 Å². The Morgan fingerprint density at radius 3 is 2.50 bits per heavy atom. The molecule has 0 spiro atoms. The minimum atomic E-state index is -0.872. The van der Waals surface area contributed by atoms with Gasteiger partial charge in [0.05, 0.1) is 33.9 Å². The van der Waals surface area contributed by atoms with Crippen LogP contribution in [-0.4, -0.2) is 45.4 Å². The number of benzene rings is 1. The van der Waals surface area contributed by atoms with Crippen molar-refractivity contribution in [2.24, 2.45) is 12.8 Å². The molecule has 1 aliphatic rings. The van der Waals surface area contributed by atoms with Gasteiger partial charge in [-0.1, -0.05) is 31.5 Å². The Morgan fingerprint density at radius 1 is 1.20 bits per heavy atom. The first kappa shape index (κ1) is 30.7. The van der Waals surface area contributed by atoms with Gasteiger partial charge >= 0.3 is 0 Å². The van der Waals surface area contributed by atoms with Crippen molar-refractivity contribution in [3.05, 3.63) is 75.0 Å². The fourth-order valence-corrected chi connectivity index (χ4v) is 4.67. The highest BCUT2D eigenvalue weighted by Crippen LogP contribution is 2.37. The number of halogens is 3. The second kappa shape index (κ2) is 13.5. The summed E-state index contributed by atoms with van der Waals surface area (Å²) in [4.78, 5) is 32.7. The van der Waals surface area contributed by atoms with Gasteiger partial charge in [-0.25, -0.2) is 18.4 Å². The van der Waals surface area contributed by atoms with E-state index in [1.165, 1.54) is 14.0 Å². The van der Waals surface area contributed by atoms with E-state index in [9.17, 15) is 18.4 Å². The molecule has 4 rings (SSSR count). The number of hydrogen-bond donors (Lipinski definition) is 2. The maximum atomic E-state index is 14.2. The quantitative estimate of drug-likeness (QED) is 0.359. The largest absolute Gasteiger partial charge is 0.368 e. The smallest absolute Gasteiger partial charge is 0.277 e. The molecule has 1 saturated heterocycles. The summed E-state index contributed by atoms with van der Waals surface area (Å²) < 4.78 is 29.8. The van der Waals surface area contributed by atoms with Gasteiger partial charge in [0.25, 0.3) is 11.5 Å². The number of imidazole rings is 1. The normalized spacial score (nSPS) is 14.3. The van der Waals surface area contributed by atoms with Crippen LogP contribution in [0.3, 0.4) is 0 Å². The molecule has 2 aromatic heterocycles. The van der Waals surface area contributed by atoms with Crippen LogP contribution in [0.25, 0.3) is 17.2 Å². The van der Waals surface area contributed by atoms with Crippen LogP contribution in [0.5, 0.6) is 0 Å². The van der Waals surface area contributed by atoms with Crippen LogP contribution in [0.1, 0.15) is 55.8 Å². The van der Waals surface area contributed by atoms with Gasteiger partial charge < -0.3 is 20.5 Å². The van der Waals surface area contributed by atoms with Crippen LogP contribution in [0, 0.1) is 0 Å². The molecule has 3 heterocycles. The summed E-state index contributed by atoms with van der Waals surface area (Å²) in [6.07, 6.45) is 6.01. The monoisotopic (exact) mass is 573 g/mol. The molecule has 0 unspecified atom stereocenters. The highest BCUT2D eigenvalue weighted by molar-refractivity contribution is 6.34. The van der Waals surface area contributed by atoms with E-state index in [1.54, 1.807) is 0 Å². The lowest BCUT2D eigenvalue weighted by molar-refractivity contribution is 0.102. The van der Waals surface area contributed by atoms with Gasteiger partial charge in [0.15, 0.2) is 5.69 Å². The van der Waals surface area contributed by atoms with E-state index < -0.39 is 23.1 Å². The summed E-state index contributed by atoms with van der Waals surface area (Å²) in [6.45, 7) is 7.02. The molecule has 0 aliphatic carbocycles. The second-order valence-corrected chi connectivity index (χ2v) is 9.82. The van der Waals surface area contributed by atoms with E-state index in [0.717, 1.165) is 79.0 Å². The Balaban J connectivity index is 0.00000216. The molecule has 0 bridgehead atoms. The minimum absolute atomic E-state index is 0.173. The van der Waals surface area contributed by atoms with Crippen molar-refractivity contribution in [1.82, 2.24) is 19.3 Å². The number of rotatable bonds is 7. The Hall–Kier alpha value is -3.83. The van der Waals surface area contributed by atoms with Crippen molar-refractivity contribution >= 4 is 46.1 Å². The first-order chi connectivity index (χ1) is 19.1. The molecule has 1 aliphatic heterocycles. The predicted octanol–water partition coefficient (Wildman–Crippen LogP) is 5.53. The van der Waals surface area contributed by atoms with Crippen molar-refractivity contribution in [2.45, 2.75) is 39.5 Å². The van der Waals surface area contributed by atoms with Crippen LogP contribution in [0.2, 0.25) is 5.02 Å². The Morgan fingerprint density at radius 2 is 1.88 bits per heavy atom. The summed E-state index contributed by atoms with van der Waals surface area (Å²) in [5.74, 6) is -0.901. The number of aromatic nitrogens is 4. The summed E-state index contributed by atoms with van der Waals surface area (Å²) in [7, 11) is 3.47. The number of fused-ring (bicyclic) bond motifs is 1. The minimum Gasteiger partial charge on any atom is -0.368 e. The number of anilines is 2. The molecular weight excluding hydrogens is 540 g/mol. The summed E-state index contributed by atoms with van der Waals surface area (Å²) in [5.41, 5.74) is 6.59. The number of nitrogens with zero attached hydrogens (tertiary/aromatic N) is 5. The van der Waals surface area contributed by atoms with E-state index in [4.69, 9.17) is 16.6 Å². The maximum absolute atomic E-state index is 14.2. The first-order valence-corrected chi connectivity index (χ1v) is 13.2. The van der Waals surface area contributed by atoms with Crippen molar-refractivity contribution in [3.8, 4) is 0 Å². The van der Waals surface area contributed by atoms with Gasteiger partial charge in [0, 0.05) is 32.1 Å². The molecule has 0 saturated carbocycles. The number of nitrogens with one attached hydrogen (secondary N) is 1. The summed E-state index contributed by atoms with van der Waals surface area (Å²) in [5, 5.41) is 6.67. The Bertz CT molecular complexity index is 1530. The number of nitrogens with two attached hydrogens (primary N) is 1. The number of hydrogen-bond acceptors (Lipinski definition) is 6. The van der Waals surface area contributed by atoms with Crippen LogP contribution in [0.15, 0.2) is 52.9 Å². The van der Waals surface area contributed by atoms with Crippen LogP contribution >= 0.6 is 11.6 Å². The number of amides is 1. The fraction of sp³-hybridized carbons (Fsp3) is 0.357. The summed E-state index contributed by atoms with van der Waals surface area (Å²) >= 11 is 6.20. The molecule has 0 radical (unpaired) electrons. The highest BCUT2D eigenvalue weighted by atomic mass is 35.5. The average molecular weight is 574 g/mol. The van der Waals surface area contributed by atoms with Gasteiger partial charge in [-0.3, -0.25) is 9.59 Å². The Labute approximate surface area is 236 Å². The third kappa shape index (κ3) is 6.83. The zero-order valence-electron chi connectivity index (χ0n) is 23.2. The second-order valence-electron chi connectivity index (χ2n) is 9.41. The SMILES string of the molecule is CN.C\C(F)=C/C=C\C(F)=C\n1nc(C(=O)Nc2ccc3c(nc(C(C)C)n3C)c2N2CCCC2)c(Cl)cc1=O. The maximum Gasteiger partial charge on any atom is 0.277 e. The third-order valence-electron chi connectivity index (χ3n) is 6.20. The number of allylic oxidation sites excluding steroid dienone is 5. The molecule has 40 heavy (non-hydrogen) atoms. The Kier molecular flexibility index (Phi) is 10.4. The molecule has 3 aromatic rings. The molecule has 214 valence electrons. The molecule has 1 fully saturated rings. The lowest BCUT2D eigenvalue weighted by Gasteiger charge is -2.22. The predicted molar refractivity (Wildman–Crippen MR) is 157 cm³/mol. The average Bonchev–Trinajstić information content (AvgIpc) is 3.55. The van der Waals surface area contributed by atoms with Gasteiger partial charge in [-0.05, 0) is 51.1 Å². The van der Waals surface area contributed by atoms with Gasteiger partial charge in [-0.2, -0.15) is 5.10 Å². The molecule has 1 amide bonds. The van der Waals surface area contributed by atoms with Crippen LogP contribution in [0.4, 0.5) is 20.2 Å². The first-order valence-electron chi connectivity index (χ1n) is 12.9. The molecule has 0 atom stereocenters. The molecule has 9 nitrogen and oxygen atoms in total. The van der Waals surface area contributed by atoms with E-state index in [0.29, 0.717) is 10.4 Å². The standard InChI is InChI=1S/C27H29ClF2N6O2.CH5N/c1-16(2)26-32-24-21(34(26)4)11-10-20(25(24)35-12-5-6-13-35)31-27(38)23-19(28)14-22(37)36(33-23)15-18(30)9-7-8-17(3)29;1-2/h7-11,14-16H,5-6,12-13H2,1-4H3,(H,31,38);2H2,1H3/b9-7-,17-8+,18-15-;. The molecule has 12 heteroatoms. The highest BCUT2D eigenvalue weighted by Gasteiger charge is 2.25. The van der Waals surface area contributed by atoms with E-state index in [2.05, 4.69) is 39.5 Å². The van der Waals surface area contributed by atoms with Gasteiger partial charge in [0.1, 0.15) is 17.2 Å². The van der Waals surface area contributed by atoms with E-state index in [-0.39, 0.29) is 16.6 Å². The number of carbonyl (C=O) groups excluding carboxylic acids is 1. The third-order valence-corrected chi connectivity index (χ3v) is 6.49. The van der Waals surface area contributed by atoms with Crippen molar-refractivity contribution in [2.75, 3.05) is 30.4 Å².